The fraction of sp³-hybridized carbons (Fsp3) is 0.294. The van der Waals surface area contributed by atoms with Crippen molar-refractivity contribution in [2.45, 2.75) is 25.4 Å². The third kappa shape index (κ3) is 4.20. The topological polar surface area (TPSA) is 107 Å². The highest BCUT2D eigenvalue weighted by Crippen LogP contribution is 2.20. The molecule has 2 heterocycles. The summed E-state index contributed by atoms with van der Waals surface area (Å²) >= 11 is 6.08. The first-order valence-corrected chi connectivity index (χ1v) is 8.51. The molecule has 1 aromatic heterocycles. The van der Waals surface area contributed by atoms with Crippen molar-refractivity contribution in [1.82, 2.24) is 25.5 Å². The number of amides is 4. The van der Waals surface area contributed by atoms with Crippen LogP contribution in [0.5, 0.6) is 0 Å². The van der Waals surface area contributed by atoms with Gasteiger partial charge in [0.05, 0.1) is 19.3 Å². The van der Waals surface area contributed by atoms with Crippen molar-refractivity contribution in [3.63, 3.8) is 0 Å². The number of aromatic amines is 1. The van der Waals surface area contributed by atoms with Gasteiger partial charge in [-0.05, 0) is 11.6 Å². The van der Waals surface area contributed by atoms with Gasteiger partial charge in [-0.15, -0.1) is 0 Å². The molecule has 0 radical (unpaired) electrons. The maximum atomic E-state index is 12.4. The monoisotopic (exact) mass is 375 g/mol. The highest BCUT2D eigenvalue weighted by molar-refractivity contribution is 6.31. The molecule has 9 heteroatoms. The zero-order chi connectivity index (χ0) is 18.5. The molecule has 1 fully saturated rings. The summed E-state index contributed by atoms with van der Waals surface area (Å²) in [7, 11) is 0. The number of halogens is 1. The van der Waals surface area contributed by atoms with Crippen LogP contribution in [0.25, 0.3) is 0 Å². The number of hydrogen-bond donors (Lipinski definition) is 3. The van der Waals surface area contributed by atoms with Gasteiger partial charge in [-0.3, -0.25) is 14.5 Å². The Bertz CT molecular complexity index is 808. The van der Waals surface area contributed by atoms with Gasteiger partial charge in [0.15, 0.2) is 0 Å². The Morgan fingerprint density at radius 3 is 2.85 bits per heavy atom. The molecule has 3 N–H and O–H groups in total. The summed E-state index contributed by atoms with van der Waals surface area (Å²) in [5.41, 5.74) is 1.57. The van der Waals surface area contributed by atoms with Gasteiger partial charge in [0.1, 0.15) is 6.04 Å². The summed E-state index contributed by atoms with van der Waals surface area (Å²) in [6.45, 7) is 0.488. The minimum atomic E-state index is -0.864. The number of nitrogens with zero attached hydrogens (tertiary/aromatic N) is 2. The van der Waals surface area contributed by atoms with Crippen LogP contribution in [0.3, 0.4) is 0 Å². The lowest BCUT2D eigenvalue weighted by Crippen LogP contribution is -2.37. The molecule has 4 amide bonds. The maximum absolute atomic E-state index is 12.4. The molecule has 136 valence electrons. The Morgan fingerprint density at radius 2 is 2.12 bits per heavy atom. The first-order chi connectivity index (χ1) is 12.5. The second-order valence-electron chi connectivity index (χ2n) is 5.90. The number of urea groups is 1. The Balaban J connectivity index is 1.51. The van der Waals surface area contributed by atoms with Crippen molar-refractivity contribution in [2.75, 3.05) is 6.54 Å². The van der Waals surface area contributed by atoms with Crippen LogP contribution in [0, 0.1) is 0 Å². The first kappa shape index (κ1) is 17.9. The second kappa shape index (κ2) is 8.01. The maximum Gasteiger partial charge on any atom is 0.325 e. The van der Waals surface area contributed by atoms with E-state index < -0.39 is 18.0 Å². The molecular weight excluding hydrogens is 358 g/mol. The standard InChI is InChI=1S/C17H18ClN5O3/c18-13-4-2-1-3-11(13)9-23-16(25)14(22-17(23)26)7-15(24)20-6-5-12-8-19-10-21-12/h1-4,8,10,14H,5-7,9H2,(H,19,21)(H,20,24)(H,22,26)/t14-/m0/s1. The van der Waals surface area contributed by atoms with E-state index in [2.05, 4.69) is 20.6 Å². The average Bonchev–Trinajstić information content (AvgIpc) is 3.21. The van der Waals surface area contributed by atoms with Gasteiger partial charge in [0.25, 0.3) is 5.91 Å². The molecule has 2 aromatic rings. The van der Waals surface area contributed by atoms with Crippen LogP contribution in [0.1, 0.15) is 17.7 Å². The number of imide groups is 1. The van der Waals surface area contributed by atoms with Gasteiger partial charge in [-0.1, -0.05) is 29.8 Å². The molecule has 1 aliphatic rings. The number of benzene rings is 1. The largest absolute Gasteiger partial charge is 0.356 e. The number of H-pyrrole nitrogens is 1. The van der Waals surface area contributed by atoms with Crippen LogP contribution < -0.4 is 10.6 Å². The van der Waals surface area contributed by atoms with Crippen molar-refractivity contribution in [2.24, 2.45) is 0 Å². The molecule has 0 saturated carbocycles. The number of hydrogen-bond acceptors (Lipinski definition) is 4. The summed E-state index contributed by atoms with van der Waals surface area (Å²) in [5.74, 6) is -0.735. The minimum absolute atomic E-state index is 0.0717. The van der Waals surface area contributed by atoms with E-state index in [-0.39, 0.29) is 18.9 Å². The predicted octanol–water partition coefficient (Wildman–Crippen LogP) is 1.23. The number of nitrogens with one attached hydrogen (secondary N) is 3. The summed E-state index contributed by atoms with van der Waals surface area (Å²) in [6.07, 6.45) is 3.75. The zero-order valence-corrected chi connectivity index (χ0v) is 14.6. The second-order valence-corrected chi connectivity index (χ2v) is 6.31. The molecule has 3 rings (SSSR count). The van der Waals surface area contributed by atoms with Gasteiger partial charge in [-0.2, -0.15) is 0 Å². The van der Waals surface area contributed by atoms with Gasteiger partial charge >= 0.3 is 6.03 Å². The molecule has 1 saturated heterocycles. The number of carbonyl (C=O) groups excluding carboxylic acids is 3. The van der Waals surface area contributed by atoms with E-state index in [4.69, 9.17) is 11.6 Å². The smallest absolute Gasteiger partial charge is 0.325 e. The van der Waals surface area contributed by atoms with Crippen LogP contribution in [-0.4, -0.2) is 45.3 Å². The fourth-order valence-electron chi connectivity index (χ4n) is 2.68. The van der Waals surface area contributed by atoms with Crippen molar-refractivity contribution >= 4 is 29.4 Å². The number of rotatable bonds is 7. The lowest BCUT2D eigenvalue weighted by atomic mass is 10.1. The number of carbonyl (C=O) groups is 3. The van der Waals surface area contributed by atoms with Crippen molar-refractivity contribution in [3.8, 4) is 0 Å². The SMILES string of the molecule is O=C(C[C@@H]1NC(=O)N(Cc2ccccc2Cl)C1=O)NCCc1cnc[nH]1. The number of imidazole rings is 1. The van der Waals surface area contributed by atoms with E-state index in [1.807, 2.05) is 0 Å². The Labute approximate surface area is 154 Å². The zero-order valence-electron chi connectivity index (χ0n) is 13.9. The average molecular weight is 376 g/mol. The molecule has 8 nitrogen and oxygen atoms in total. The third-order valence-corrected chi connectivity index (χ3v) is 4.42. The summed E-state index contributed by atoms with van der Waals surface area (Å²) in [5, 5.41) is 5.75. The first-order valence-electron chi connectivity index (χ1n) is 8.14. The molecule has 26 heavy (non-hydrogen) atoms. The van der Waals surface area contributed by atoms with E-state index in [0.717, 1.165) is 10.6 Å². The Hall–Kier alpha value is -2.87. The molecule has 0 bridgehead atoms. The van der Waals surface area contributed by atoms with Gasteiger partial charge in [0.2, 0.25) is 5.91 Å². The molecule has 0 spiro atoms. The van der Waals surface area contributed by atoms with Crippen molar-refractivity contribution < 1.29 is 14.4 Å². The van der Waals surface area contributed by atoms with Crippen molar-refractivity contribution in [1.29, 1.82) is 0 Å². The predicted molar refractivity (Wildman–Crippen MR) is 94.2 cm³/mol. The minimum Gasteiger partial charge on any atom is -0.356 e. The molecule has 1 aliphatic heterocycles. The van der Waals surface area contributed by atoms with Gasteiger partial charge in [-0.25, -0.2) is 9.78 Å². The molecular formula is C17H18ClN5O3. The van der Waals surface area contributed by atoms with Gasteiger partial charge in [0, 0.05) is 29.9 Å². The highest BCUT2D eigenvalue weighted by atomic mass is 35.5. The summed E-state index contributed by atoms with van der Waals surface area (Å²) < 4.78 is 0. The van der Waals surface area contributed by atoms with E-state index in [1.54, 1.807) is 36.8 Å². The normalized spacial score (nSPS) is 16.7. The lowest BCUT2D eigenvalue weighted by molar-refractivity contribution is -0.131. The molecule has 1 aromatic carbocycles. The summed E-state index contributed by atoms with van der Waals surface area (Å²) in [4.78, 5) is 44.4. The Morgan fingerprint density at radius 1 is 1.31 bits per heavy atom. The van der Waals surface area contributed by atoms with E-state index in [9.17, 15) is 14.4 Å². The number of aromatic nitrogens is 2. The van der Waals surface area contributed by atoms with Crippen molar-refractivity contribution in [3.05, 3.63) is 53.1 Å². The van der Waals surface area contributed by atoms with E-state index in [1.165, 1.54) is 0 Å². The highest BCUT2D eigenvalue weighted by Gasteiger charge is 2.39. The van der Waals surface area contributed by atoms with Crippen LogP contribution in [0.4, 0.5) is 4.79 Å². The lowest BCUT2D eigenvalue weighted by Gasteiger charge is -2.14. The molecule has 0 aliphatic carbocycles. The molecule has 0 unspecified atom stereocenters. The van der Waals surface area contributed by atoms with Gasteiger partial charge < -0.3 is 15.6 Å². The Kier molecular flexibility index (Phi) is 5.52. The molecule has 1 atom stereocenters. The van der Waals surface area contributed by atoms with E-state index >= 15 is 0 Å². The summed E-state index contributed by atoms with van der Waals surface area (Å²) in [6, 6.07) is 5.61. The van der Waals surface area contributed by atoms with Crippen LogP contribution in [0.15, 0.2) is 36.8 Å². The third-order valence-electron chi connectivity index (χ3n) is 4.05. The van der Waals surface area contributed by atoms with Crippen LogP contribution >= 0.6 is 11.6 Å². The van der Waals surface area contributed by atoms with Crippen LogP contribution in [-0.2, 0) is 22.6 Å². The van der Waals surface area contributed by atoms with E-state index in [0.29, 0.717) is 23.6 Å². The quantitative estimate of drug-likeness (QED) is 0.632. The fourth-order valence-corrected chi connectivity index (χ4v) is 2.87. The van der Waals surface area contributed by atoms with Crippen LogP contribution in [0.2, 0.25) is 5.02 Å².